The van der Waals surface area contributed by atoms with Crippen molar-refractivity contribution in [3.05, 3.63) is 0 Å². The molecule has 2 aliphatic rings. The molecule has 1 saturated carbocycles. The third-order valence-corrected chi connectivity index (χ3v) is 3.00. The summed E-state index contributed by atoms with van der Waals surface area (Å²) in [6.45, 7) is 2.73. The van der Waals surface area contributed by atoms with Crippen LogP contribution < -0.4 is 0 Å². The molecule has 76 valence electrons. The maximum atomic E-state index is 9.42. The highest BCUT2D eigenvalue weighted by Gasteiger charge is 2.27. The summed E-state index contributed by atoms with van der Waals surface area (Å²) in [5, 5.41) is 9.42. The third-order valence-electron chi connectivity index (χ3n) is 3.00. The maximum Gasteiger partial charge on any atom is 0.216 e. The zero-order valence-electron chi connectivity index (χ0n) is 8.11. The molecule has 0 aromatic heterocycles. The van der Waals surface area contributed by atoms with Crippen LogP contribution in [0.3, 0.4) is 0 Å². The third kappa shape index (κ3) is 2.93. The fourth-order valence-electron chi connectivity index (χ4n) is 1.96. The lowest BCUT2D eigenvalue weighted by atomic mass is 9.90. The van der Waals surface area contributed by atoms with Gasteiger partial charge in [0.15, 0.2) is 0 Å². The number of hydrogen-bond donors (Lipinski definition) is 1. The van der Waals surface area contributed by atoms with Crippen molar-refractivity contribution in [3.63, 3.8) is 0 Å². The molecule has 0 amide bonds. The molecule has 1 unspecified atom stereocenters. The summed E-state index contributed by atoms with van der Waals surface area (Å²) < 4.78 is 5.39. The van der Waals surface area contributed by atoms with Crippen LogP contribution in [-0.4, -0.2) is 36.1 Å². The molecule has 0 bridgehead atoms. The lowest BCUT2D eigenvalue weighted by Crippen LogP contribution is -2.25. The van der Waals surface area contributed by atoms with Crippen LogP contribution in [0.25, 0.3) is 0 Å². The van der Waals surface area contributed by atoms with Crippen LogP contribution in [0.4, 0.5) is 0 Å². The van der Waals surface area contributed by atoms with Gasteiger partial charge in [-0.1, -0.05) is 19.3 Å². The fraction of sp³-hybridized carbons (Fsp3) is 1.00. The van der Waals surface area contributed by atoms with Crippen molar-refractivity contribution in [1.29, 1.82) is 0 Å². The predicted octanol–water partition coefficient (Wildman–Crippen LogP) is 1.17. The zero-order valence-corrected chi connectivity index (χ0v) is 8.11. The average molecular weight is 185 g/mol. The highest BCUT2D eigenvalue weighted by molar-refractivity contribution is 4.71. The molecule has 0 aromatic carbocycles. The zero-order chi connectivity index (χ0) is 9.10. The van der Waals surface area contributed by atoms with Gasteiger partial charge in [-0.05, 0) is 18.8 Å². The van der Waals surface area contributed by atoms with Crippen molar-refractivity contribution in [3.8, 4) is 0 Å². The smallest absolute Gasteiger partial charge is 0.216 e. The second-order valence-corrected chi connectivity index (χ2v) is 4.20. The quantitative estimate of drug-likeness (QED) is 0.527. The number of hydrogen-bond acceptors (Lipinski definition) is 3. The SMILES string of the molecule is OC(OCC1CCCCC1)N1CC1. The lowest BCUT2D eigenvalue weighted by molar-refractivity contribution is -0.165. The standard InChI is InChI=1S/C10H19NO2/c12-10(11-6-7-11)13-8-9-4-2-1-3-5-9/h9-10,12H,1-8H2. The van der Waals surface area contributed by atoms with Crippen LogP contribution in [-0.2, 0) is 4.74 Å². The summed E-state index contributed by atoms with van der Waals surface area (Å²) in [6, 6.07) is 0. The molecule has 0 radical (unpaired) electrons. The Hall–Kier alpha value is -0.120. The second kappa shape index (κ2) is 4.40. The van der Waals surface area contributed by atoms with Gasteiger partial charge >= 0.3 is 0 Å². The summed E-state index contributed by atoms with van der Waals surface area (Å²) in [5.41, 5.74) is 0. The molecule has 1 heterocycles. The van der Waals surface area contributed by atoms with Gasteiger partial charge in [0, 0.05) is 13.1 Å². The molecule has 1 atom stereocenters. The Bertz CT molecular complexity index is 153. The van der Waals surface area contributed by atoms with Gasteiger partial charge in [-0.2, -0.15) is 0 Å². The first-order valence-electron chi connectivity index (χ1n) is 5.40. The van der Waals surface area contributed by atoms with Crippen LogP contribution in [0.15, 0.2) is 0 Å². The Morgan fingerprint density at radius 3 is 2.54 bits per heavy atom. The molecule has 1 N–H and O–H groups in total. The van der Waals surface area contributed by atoms with Crippen molar-refractivity contribution in [1.82, 2.24) is 4.90 Å². The lowest BCUT2D eigenvalue weighted by Gasteiger charge is -2.23. The van der Waals surface area contributed by atoms with E-state index in [1.54, 1.807) is 0 Å². The van der Waals surface area contributed by atoms with Crippen LogP contribution in [0, 0.1) is 5.92 Å². The average Bonchev–Trinajstić information content (AvgIpc) is 2.99. The van der Waals surface area contributed by atoms with Crippen LogP contribution >= 0.6 is 0 Å². The van der Waals surface area contributed by atoms with Gasteiger partial charge < -0.3 is 9.84 Å². The Balaban J connectivity index is 1.60. The van der Waals surface area contributed by atoms with E-state index in [0.717, 1.165) is 19.7 Å². The first kappa shape index (κ1) is 9.44. The number of rotatable bonds is 4. The Kier molecular flexibility index (Phi) is 3.19. The van der Waals surface area contributed by atoms with Crippen LogP contribution in [0.1, 0.15) is 32.1 Å². The minimum Gasteiger partial charge on any atom is -0.356 e. The van der Waals surface area contributed by atoms with E-state index in [-0.39, 0.29) is 0 Å². The van der Waals surface area contributed by atoms with Gasteiger partial charge in [-0.3, -0.25) is 4.90 Å². The molecule has 1 saturated heterocycles. The normalized spacial score (nSPS) is 27.5. The van der Waals surface area contributed by atoms with Crippen LogP contribution in [0.2, 0.25) is 0 Å². The Morgan fingerprint density at radius 2 is 1.92 bits per heavy atom. The molecule has 1 aliphatic heterocycles. The fourth-order valence-corrected chi connectivity index (χ4v) is 1.96. The van der Waals surface area contributed by atoms with Crippen molar-refractivity contribution in [2.45, 2.75) is 38.5 Å². The highest BCUT2D eigenvalue weighted by atomic mass is 16.6. The molecule has 2 rings (SSSR count). The molecule has 13 heavy (non-hydrogen) atoms. The highest BCUT2D eigenvalue weighted by Crippen LogP contribution is 2.24. The largest absolute Gasteiger partial charge is 0.356 e. The molecule has 2 fully saturated rings. The summed E-state index contributed by atoms with van der Waals surface area (Å²) in [5.74, 6) is 0.698. The summed E-state index contributed by atoms with van der Waals surface area (Å²) in [6.07, 6.45) is 6.01. The Morgan fingerprint density at radius 1 is 1.23 bits per heavy atom. The van der Waals surface area contributed by atoms with E-state index < -0.39 is 6.41 Å². The maximum absolute atomic E-state index is 9.42. The summed E-state index contributed by atoms with van der Waals surface area (Å²) in [4.78, 5) is 1.92. The first-order chi connectivity index (χ1) is 6.36. The van der Waals surface area contributed by atoms with Crippen LogP contribution in [0.5, 0.6) is 0 Å². The van der Waals surface area contributed by atoms with E-state index in [9.17, 15) is 5.11 Å². The van der Waals surface area contributed by atoms with Gasteiger partial charge in [-0.15, -0.1) is 0 Å². The summed E-state index contributed by atoms with van der Waals surface area (Å²) >= 11 is 0. The van der Waals surface area contributed by atoms with Crippen molar-refractivity contribution < 1.29 is 9.84 Å². The molecule has 0 spiro atoms. The molecule has 1 aliphatic carbocycles. The van der Waals surface area contributed by atoms with Gasteiger partial charge in [0.2, 0.25) is 6.41 Å². The first-order valence-corrected chi connectivity index (χ1v) is 5.40. The van der Waals surface area contributed by atoms with Crippen molar-refractivity contribution in [2.75, 3.05) is 19.7 Å². The van der Waals surface area contributed by atoms with E-state index in [1.807, 2.05) is 4.90 Å². The minimum atomic E-state index is -0.623. The molecular weight excluding hydrogens is 166 g/mol. The molecule has 3 heteroatoms. The van der Waals surface area contributed by atoms with Gasteiger partial charge in [0.1, 0.15) is 0 Å². The molecule has 0 aromatic rings. The number of ether oxygens (including phenoxy) is 1. The number of aliphatic hydroxyl groups is 1. The topological polar surface area (TPSA) is 32.5 Å². The monoisotopic (exact) mass is 185 g/mol. The Labute approximate surface area is 79.7 Å². The second-order valence-electron chi connectivity index (χ2n) is 4.20. The van der Waals surface area contributed by atoms with E-state index >= 15 is 0 Å². The summed E-state index contributed by atoms with van der Waals surface area (Å²) in [7, 11) is 0. The van der Waals surface area contributed by atoms with E-state index in [0.29, 0.717) is 5.92 Å². The predicted molar refractivity (Wildman–Crippen MR) is 50.1 cm³/mol. The van der Waals surface area contributed by atoms with Gasteiger partial charge in [0.05, 0.1) is 6.61 Å². The molecule has 3 nitrogen and oxygen atoms in total. The minimum absolute atomic E-state index is 0.623. The van der Waals surface area contributed by atoms with Crippen molar-refractivity contribution >= 4 is 0 Å². The van der Waals surface area contributed by atoms with E-state index in [2.05, 4.69) is 0 Å². The van der Waals surface area contributed by atoms with Gasteiger partial charge in [-0.25, -0.2) is 0 Å². The van der Waals surface area contributed by atoms with Crippen molar-refractivity contribution in [2.24, 2.45) is 5.92 Å². The van der Waals surface area contributed by atoms with E-state index in [1.165, 1.54) is 32.1 Å². The van der Waals surface area contributed by atoms with Gasteiger partial charge in [0.25, 0.3) is 0 Å². The van der Waals surface area contributed by atoms with E-state index in [4.69, 9.17) is 4.74 Å². The molecular formula is C10H19NO2. The number of aliphatic hydroxyl groups excluding tert-OH is 1. The number of nitrogens with zero attached hydrogens (tertiary/aromatic N) is 1.